The summed E-state index contributed by atoms with van der Waals surface area (Å²) in [5, 5.41) is 0. The first-order valence-electron chi connectivity index (χ1n) is 3.99. The van der Waals surface area contributed by atoms with Crippen molar-refractivity contribution < 1.29 is 0 Å². The van der Waals surface area contributed by atoms with Crippen LogP contribution in [0.25, 0.3) is 0 Å². The maximum atomic E-state index is 5.39. The number of nitrogens with two attached hydrogens (primary N) is 3. The average molecular weight is 159 g/mol. The van der Waals surface area contributed by atoms with Crippen molar-refractivity contribution in [3.8, 4) is 0 Å². The molecule has 0 saturated heterocycles. The van der Waals surface area contributed by atoms with Crippen LogP contribution in [0.1, 0.15) is 26.7 Å². The molecule has 0 spiro atoms. The molecule has 1 unspecified atom stereocenters. The van der Waals surface area contributed by atoms with Gasteiger partial charge in [-0.2, -0.15) is 0 Å². The van der Waals surface area contributed by atoms with Crippen LogP contribution in [0.4, 0.5) is 0 Å². The zero-order chi connectivity index (χ0) is 9.28. The fourth-order valence-corrected chi connectivity index (χ4v) is 0.262. The monoisotopic (exact) mass is 159 g/mol. The molecule has 0 aliphatic heterocycles. The van der Waals surface area contributed by atoms with Crippen LogP contribution in [-0.2, 0) is 0 Å². The van der Waals surface area contributed by atoms with Crippen molar-refractivity contribution in [2.24, 2.45) is 17.2 Å². The van der Waals surface area contributed by atoms with Crippen LogP contribution in [0.2, 0.25) is 0 Å². The van der Waals surface area contributed by atoms with Crippen molar-refractivity contribution in [3.05, 3.63) is 12.3 Å². The largest absolute Gasteiger partial charge is 0.401 e. The van der Waals surface area contributed by atoms with Gasteiger partial charge < -0.3 is 17.2 Å². The third-order valence-corrected chi connectivity index (χ3v) is 1.20. The van der Waals surface area contributed by atoms with Crippen LogP contribution >= 0.6 is 0 Å². The lowest BCUT2D eigenvalue weighted by molar-refractivity contribution is 0.734. The van der Waals surface area contributed by atoms with Crippen LogP contribution < -0.4 is 17.2 Å². The molecule has 3 heteroatoms. The second-order valence-corrected chi connectivity index (χ2v) is 2.38. The maximum absolute atomic E-state index is 5.39. The van der Waals surface area contributed by atoms with E-state index < -0.39 is 0 Å². The highest BCUT2D eigenvalue weighted by Gasteiger charge is 1.95. The van der Waals surface area contributed by atoms with Gasteiger partial charge in [0.1, 0.15) is 0 Å². The zero-order valence-electron chi connectivity index (χ0n) is 7.64. The maximum Gasteiger partial charge on any atom is 0.0433 e. The molecule has 0 bridgehead atoms. The average Bonchev–Trinajstić information content (AvgIpc) is 2.03. The van der Waals surface area contributed by atoms with Crippen molar-refractivity contribution in [1.82, 2.24) is 0 Å². The Morgan fingerprint density at radius 3 is 1.82 bits per heavy atom. The Morgan fingerprint density at radius 2 is 1.82 bits per heavy atom. The van der Waals surface area contributed by atoms with Crippen LogP contribution in [0.5, 0.6) is 0 Å². The van der Waals surface area contributed by atoms with E-state index in [4.69, 9.17) is 17.2 Å². The molecule has 0 radical (unpaired) electrons. The Bertz CT molecular complexity index is 89.3. The molecule has 11 heavy (non-hydrogen) atoms. The highest BCUT2D eigenvalue weighted by atomic mass is 14.7. The first-order chi connectivity index (χ1) is 5.09. The van der Waals surface area contributed by atoms with E-state index in [0.717, 1.165) is 19.4 Å². The van der Waals surface area contributed by atoms with Crippen molar-refractivity contribution in [2.75, 3.05) is 6.54 Å². The standard InChI is InChI=1S/C5H12N2.C3H9N/c1-3-5(7)4(2)6;1-2-3-4/h5H,2-3,6-7H2,1H3;2-4H2,1H3. The number of rotatable bonds is 3. The van der Waals surface area contributed by atoms with Gasteiger partial charge in [-0.05, 0) is 19.4 Å². The predicted octanol–water partition coefficient (Wildman–Crippen LogP) is 0.551. The predicted molar refractivity (Wildman–Crippen MR) is 50.9 cm³/mol. The number of hydrogen-bond acceptors (Lipinski definition) is 3. The minimum atomic E-state index is -0.0139. The second kappa shape index (κ2) is 9.46. The van der Waals surface area contributed by atoms with Crippen molar-refractivity contribution >= 4 is 0 Å². The van der Waals surface area contributed by atoms with Crippen molar-refractivity contribution in [2.45, 2.75) is 32.7 Å². The molecule has 0 fully saturated rings. The van der Waals surface area contributed by atoms with Gasteiger partial charge in [0.2, 0.25) is 0 Å². The lowest BCUT2D eigenvalue weighted by Gasteiger charge is -2.04. The van der Waals surface area contributed by atoms with E-state index in [1.807, 2.05) is 6.92 Å². The van der Waals surface area contributed by atoms with E-state index in [1.165, 1.54) is 0 Å². The topological polar surface area (TPSA) is 78.1 Å². The van der Waals surface area contributed by atoms with E-state index >= 15 is 0 Å². The van der Waals surface area contributed by atoms with Gasteiger partial charge in [0, 0.05) is 11.7 Å². The van der Waals surface area contributed by atoms with Crippen LogP contribution in [0.15, 0.2) is 12.3 Å². The zero-order valence-corrected chi connectivity index (χ0v) is 7.64. The normalized spacial score (nSPS) is 11.3. The second-order valence-electron chi connectivity index (χ2n) is 2.38. The van der Waals surface area contributed by atoms with E-state index in [9.17, 15) is 0 Å². The molecule has 0 heterocycles. The first-order valence-corrected chi connectivity index (χ1v) is 3.99. The van der Waals surface area contributed by atoms with Gasteiger partial charge in [-0.1, -0.05) is 20.4 Å². The van der Waals surface area contributed by atoms with Crippen LogP contribution in [-0.4, -0.2) is 12.6 Å². The molecule has 0 aliphatic carbocycles. The minimum Gasteiger partial charge on any atom is -0.401 e. The van der Waals surface area contributed by atoms with Gasteiger partial charge >= 0.3 is 0 Å². The molecule has 0 rings (SSSR count). The summed E-state index contributed by atoms with van der Waals surface area (Å²) in [5.41, 5.74) is 16.2. The smallest absolute Gasteiger partial charge is 0.0433 e. The lowest BCUT2D eigenvalue weighted by atomic mass is 10.2. The highest BCUT2D eigenvalue weighted by molar-refractivity contribution is 4.96. The van der Waals surface area contributed by atoms with Gasteiger partial charge in [-0.25, -0.2) is 0 Å². The Hall–Kier alpha value is -0.540. The van der Waals surface area contributed by atoms with E-state index in [2.05, 4.69) is 13.5 Å². The summed E-state index contributed by atoms with van der Waals surface area (Å²) in [7, 11) is 0. The Kier molecular flexibility index (Phi) is 11.2. The molecule has 68 valence electrons. The summed E-state index contributed by atoms with van der Waals surface area (Å²) in [4.78, 5) is 0. The summed E-state index contributed by atoms with van der Waals surface area (Å²) in [6, 6.07) is -0.0139. The van der Waals surface area contributed by atoms with E-state index in [-0.39, 0.29) is 6.04 Å². The van der Waals surface area contributed by atoms with Gasteiger partial charge in [0.25, 0.3) is 0 Å². The fourth-order valence-electron chi connectivity index (χ4n) is 0.262. The van der Waals surface area contributed by atoms with Crippen molar-refractivity contribution in [1.29, 1.82) is 0 Å². The van der Waals surface area contributed by atoms with Crippen molar-refractivity contribution in [3.63, 3.8) is 0 Å². The van der Waals surface area contributed by atoms with Gasteiger partial charge in [0.15, 0.2) is 0 Å². The van der Waals surface area contributed by atoms with Gasteiger partial charge in [-0.3, -0.25) is 0 Å². The molecular weight excluding hydrogens is 138 g/mol. The third-order valence-electron chi connectivity index (χ3n) is 1.20. The quantitative estimate of drug-likeness (QED) is 0.562. The summed E-state index contributed by atoms with van der Waals surface area (Å²) in [6.45, 7) is 8.33. The summed E-state index contributed by atoms with van der Waals surface area (Å²) in [5.74, 6) is 0. The van der Waals surface area contributed by atoms with Crippen LogP contribution in [0.3, 0.4) is 0 Å². The minimum absolute atomic E-state index is 0.0139. The molecular formula is C8H21N3. The molecule has 0 saturated carbocycles. The molecule has 3 nitrogen and oxygen atoms in total. The molecule has 6 N–H and O–H groups in total. The third kappa shape index (κ3) is 12.6. The molecule has 0 amide bonds. The summed E-state index contributed by atoms with van der Waals surface area (Å²) < 4.78 is 0. The van der Waals surface area contributed by atoms with E-state index in [0.29, 0.717) is 5.70 Å². The Labute approximate surface area is 69.6 Å². The fraction of sp³-hybridized carbons (Fsp3) is 0.750. The molecule has 0 aromatic carbocycles. The SMILES string of the molecule is C=C(N)C(N)CC.CCCN. The lowest BCUT2D eigenvalue weighted by Crippen LogP contribution is -2.25. The Balaban J connectivity index is 0. The molecule has 0 aromatic heterocycles. The van der Waals surface area contributed by atoms with Gasteiger partial charge in [0.05, 0.1) is 0 Å². The highest BCUT2D eigenvalue weighted by Crippen LogP contribution is 1.90. The van der Waals surface area contributed by atoms with Crippen LogP contribution in [0, 0.1) is 0 Å². The summed E-state index contributed by atoms with van der Waals surface area (Å²) in [6.07, 6.45) is 1.97. The molecule has 0 aromatic rings. The number of hydrogen-bond donors (Lipinski definition) is 3. The molecule has 1 atom stereocenters. The van der Waals surface area contributed by atoms with E-state index in [1.54, 1.807) is 0 Å². The Morgan fingerprint density at radius 1 is 1.45 bits per heavy atom. The summed E-state index contributed by atoms with van der Waals surface area (Å²) >= 11 is 0. The first kappa shape index (κ1) is 13.1. The molecule has 0 aliphatic rings. The van der Waals surface area contributed by atoms with Gasteiger partial charge in [-0.15, -0.1) is 0 Å².